The van der Waals surface area contributed by atoms with Crippen LogP contribution in [0.3, 0.4) is 0 Å². The molecule has 0 N–H and O–H groups in total. The molecule has 0 aliphatic heterocycles. The lowest BCUT2D eigenvalue weighted by atomic mass is 9.43. The molecule has 5 rings (SSSR count). The highest BCUT2D eigenvalue weighted by atomic mass is 16.5. The summed E-state index contributed by atoms with van der Waals surface area (Å²) in [5.41, 5.74) is 5.37. The second-order valence-electron chi connectivity index (χ2n) is 15.4. The average molecular weight is 575 g/mol. The number of hydrogen-bond acceptors (Lipinski definition) is 4. The molecule has 0 saturated heterocycles. The third-order valence-electron chi connectivity index (χ3n) is 13.0. The van der Waals surface area contributed by atoms with Gasteiger partial charge in [-0.1, -0.05) is 89.1 Å². The highest BCUT2D eigenvalue weighted by Crippen LogP contribution is 2.72. The van der Waals surface area contributed by atoms with Gasteiger partial charge in [0.25, 0.3) is 0 Å². The molecule has 0 heterocycles. The first-order chi connectivity index (χ1) is 19.8. The van der Waals surface area contributed by atoms with Crippen LogP contribution in [-0.2, 0) is 25.7 Å². The maximum Gasteiger partial charge on any atom is 0.330 e. The number of ether oxygens (including phenoxy) is 2. The Kier molecular flexibility index (Phi) is 8.60. The van der Waals surface area contributed by atoms with Gasteiger partial charge in [0.2, 0.25) is 0 Å². The minimum absolute atomic E-state index is 0.00688. The minimum Gasteiger partial charge on any atom is -0.462 e. The lowest BCUT2D eigenvalue weighted by Gasteiger charge is -2.62. The molecule has 2 saturated carbocycles. The number of esters is 2. The normalized spacial score (nSPS) is 36.1. The highest BCUT2D eigenvalue weighted by molar-refractivity contribution is 5.81. The van der Waals surface area contributed by atoms with E-state index in [-0.39, 0.29) is 34.3 Å². The zero-order chi connectivity index (χ0) is 30.3. The van der Waals surface area contributed by atoms with Crippen molar-refractivity contribution in [1.29, 1.82) is 0 Å². The van der Waals surface area contributed by atoms with E-state index in [1.165, 1.54) is 38.5 Å². The van der Waals surface area contributed by atoms with E-state index < -0.39 is 0 Å². The number of carbonyl (C=O) groups excluding carboxylic acids is 2. The van der Waals surface area contributed by atoms with Crippen LogP contribution < -0.4 is 0 Å². The van der Waals surface area contributed by atoms with Crippen LogP contribution in [0.2, 0.25) is 0 Å². The molecule has 4 heteroatoms. The first kappa shape index (κ1) is 31.1. The molecular formula is C38H54O4. The first-order valence-corrected chi connectivity index (χ1v) is 16.6. The van der Waals surface area contributed by atoms with Crippen LogP contribution in [0.15, 0.2) is 53.6 Å². The van der Waals surface area contributed by atoms with E-state index in [2.05, 4.69) is 41.5 Å². The maximum atomic E-state index is 12.2. The summed E-state index contributed by atoms with van der Waals surface area (Å²) in [5.74, 6) is 1.48. The summed E-state index contributed by atoms with van der Waals surface area (Å²) in [7, 11) is 0. The summed E-state index contributed by atoms with van der Waals surface area (Å²) in [6.45, 7) is 16.8. The van der Waals surface area contributed by atoms with E-state index in [4.69, 9.17) is 9.47 Å². The molecule has 42 heavy (non-hydrogen) atoms. The smallest absolute Gasteiger partial charge is 0.330 e. The van der Waals surface area contributed by atoms with Crippen LogP contribution in [0.1, 0.15) is 118 Å². The Balaban J connectivity index is 1.24. The summed E-state index contributed by atoms with van der Waals surface area (Å²) in [4.78, 5) is 24.1. The van der Waals surface area contributed by atoms with Crippen molar-refractivity contribution in [2.75, 3.05) is 0 Å². The zero-order valence-electron chi connectivity index (χ0n) is 27.3. The Hall–Kier alpha value is -2.36. The van der Waals surface area contributed by atoms with Gasteiger partial charge in [-0.15, -0.1) is 0 Å². The van der Waals surface area contributed by atoms with Gasteiger partial charge in [0, 0.05) is 18.4 Å². The van der Waals surface area contributed by atoms with Crippen LogP contribution in [0.5, 0.6) is 0 Å². The van der Waals surface area contributed by atoms with Gasteiger partial charge in [-0.25, -0.2) is 4.79 Å². The molecule has 0 radical (unpaired) electrons. The average Bonchev–Trinajstić information content (AvgIpc) is 3.23. The number of rotatable bonds is 8. The fraction of sp³-hybridized carbons (Fsp3) is 0.684. The Bertz CT molecular complexity index is 1230. The van der Waals surface area contributed by atoms with Crippen LogP contribution >= 0.6 is 0 Å². The lowest BCUT2D eigenvalue weighted by Crippen LogP contribution is -2.55. The highest BCUT2D eigenvalue weighted by Gasteiger charge is 2.63. The van der Waals surface area contributed by atoms with Crippen LogP contribution in [-0.4, -0.2) is 18.0 Å². The lowest BCUT2D eigenvalue weighted by molar-refractivity contribution is -0.167. The number of hydrogen-bond donors (Lipinski definition) is 0. The van der Waals surface area contributed by atoms with Crippen LogP contribution in [0.25, 0.3) is 0 Å². The summed E-state index contributed by atoms with van der Waals surface area (Å²) in [5, 5.41) is 0. The van der Waals surface area contributed by atoms with Gasteiger partial charge in [0.1, 0.15) is 12.7 Å². The van der Waals surface area contributed by atoms with Crippen molar-refractivity contribution in [1.82, 2.24) is 0 Å². The maximum absolute atomic E-state index is 12.2. The Morgan fingerprint density at radius 3 is 2.40 bits per heavy atom. The fourth-order valence-electron chi connectivity index (χ4n) is 10.5. The van der Waals surface area contributed by atoms with Crippen molar-refractivity contribution >= 4 is 11.9 Å². The molecule has 0 aromatic heterocycles. The third kappa shape index (κ3) is 5.30. The second kappa shape index (κ2) is 11.6. The molecule has 230 valence electrons. The predicted octanol–water partition coefficient (Wildman–Crippen LogP) is 9.38. The van der Waals surface area contributed by atoms with E-state index in [9.17, 15) is 9.59 Å². The van der Waals surface area contributed by atoms with Crippen molar-refractivity contribution in [2.45, 2.75) is 125 Å². The Morgan fingerprint density at radius 1 is 0.952 bits per heavy atom. The van der Waals surface area contributed by atoms with E-state index in [0.29, 0.717) is 29.8 Å². The Labute approximate surface area is 254 Å². The molecule has 1 aromatic carbocycles. The topological polar surface area (TPSA) is 52.6 Å². The molecular weight excluding hydrogens is 520 g/mol. The van der Waals surface area contributed by atoms with Gasteiger partial charge < -0.3 is 9.47 Å². The summed E-state index contributed by atoms with van der Waals surface area (Å²) in [6.07, 6.45) is 15.3. The summed E-state index contributed by atoms with van der Waals surface area (Å²) in [6, 6.07) is 9.84. The molecule has 0 amide bonds. The molecule has 4 nitrogen and oxygen atoms in total. The van der Waals surface area contributed by atoms with Gasteiger partial charge in [-0.3, -0.25) is 4.79 Å². The molecule has 7 atom stereocenters. The standard InChI is InChI=1S/C38H54O4/c1-26(13-11-12-16-34(40)41-25-28-14-9-8-10-15-28)29-19-23-38(7)31-17-18-32-35(3,4)33(42-27(2)39)21-22-36(32,5)30(31)20-24-37(29,38)6/h8-10,12,14-16,26,29,32-33H,11,13,17-25H2,1-7H3/b16-12+/t26-,29-,32?,33+,36-,37-,38+/m1/s1. The second-order valence-corrected chi connectivity index (χ2v) is 15.4. The number of fused-ring (bicyclic) bond motifs is 4. The molecule has 0 spiro atoms. The van der Waals surface area contributed by atoms with Crippen molar-refractivity contribution in [2.24, 2.45) is 39.4 Å². The summed E-state index contributed by atoms with van der Waals surface area (Å²) < 4.78 is 11.3. The van der Waals surface area contributed by atoms with Crippen molar-refractivity contribution < 1.29 is 19.1 Å². The van der Waals surface area contributed by atoms with Gasteiger partial charge in [0.05, 0.1) is 0 Å². The zero-order valence-corrected chi connectivity index (χ0v) is 27.3. The monoisotopic (exact) mass is 574 g/mol. The summed E-state index contributed by atoms with van der Waals surface area (Å²) >= 11 is 0. The minimum atomic E-state index is -0.257. The van der Waals surface area contributed by atoms with Crippen LogP contribution in [0.4, 0.5) is 0 Å². The van der Waals surface area contributed by atoms with Crippen molar-refractivity contribution in [3.05, 3.63) is 59.2 Å². The quantitative estimate of drug-likeness (QED) is 0.176. The number of allylic oxidation sites excluding steroid dienone is 3. The first-order valence-electron chi connectivity index (χ1n) is 16.6. The van der Waals surface area contributed by atoms with Gasteiger partial charge in [-0.2, -0.15) is 0 Å². The van der Waals surface area contributed by atoms with E-state index in [1.807, 2.05) is 36.4 Å². The largest absolute Gasteiger partial charge is 0.462 e. The number of benzene rings is 1. The third-order valence-corrected chi connectivity index (χ3v) is 13.0. The molecule has 4 aliphatic carbocycles. The van der Waals surface area contributed by atoms with E-state index in [1.54, 1.807) is 24.1 Å². The molecule has 4 aliphatic rings. The van der Waals surface area contributed by atoms with Crippen molar-refractivity contribution in [3.8, 4) is 0 Å². The van der Waals surface area contributed by atoms with E-state index in [0.717, 1.165) is 31.2 Å². The van der Waals surface area contributed by atoms with Crippen molar-refractivity contribution in [3.63, 3.8) is 0 Å². The van der Waals surface area contributed by atoms with Crippen LogP contribution in [0, 0.1) is 39.4 Å². The number of carbonyl (C=O) groups is 2. The SMILES string of the molecule is CC(=O)O[C@H]1CC[C@]2(C)C3=C(CCC2C1(C)C)[C@]1(C)CC[C@H]([C@H](C)CC/C=C/C(=O)OCc2ccccc2)[C@@]1(C)CC3. The molecule has 0 bridgehead atoms. The fourth-order valence-corrected chi connectivity index (χ4v) is 10.5. The Morgan fingerprint density at radius 2 is 1.69 bits per heavy atom. The van der Waals surface area contributed by atoms with Gasteiger partial charge in [-0.05, 0) is 104 Å². The van der Waals surface area contributed by atoms with E-state index >= 15 is 0 Å². The molecule has 2 fully saturated rings. The molecule has 1 unspecified atom stereocenters. The predicted molar refractivity (Wildman–Crippen MR) is 168 cm³/mol. The van der Waals surface area contributed by atoms with Gasteiger partial charge in [0.15, 0.2) is 0 Å². The van der Waals surface area contributed by atoms with Gasteiger partial charge >= 0.3 is 11.9 Å². The molecule has 1 aromatic rings.